The standard InChI is InChI=1S/C20H26N8O4/c21-19-18(24-32-25-19)20(29)23-22-13-14-11-17(28(30)31)16(27-9-5-2-6-10-27)12-15(14)26-7-3-1-4-8-26/h11-13H,1-10H2,(H2,21,25)(H,23,29)/b22-13+. The Balaban J connectivity index is 1.67. The van der Waals surface area contributed by atoms with Gasteiger partial charge in [0, 0.05) is 43.5 Å². The largest absolute Gasteiger partial charge is 0.379 e. The van der Waals surface area contributed by atoms with Crippen molar-refractivity contribution in [3.8, 4) is 0 Å². The van der Waals surface area contributed by atoms with Crippen molar-refractivity contribution >= 4 is 35.0 Å². The van der Waals surface area contributed by atoms with Gasteiger partial charge in [0.2, 0.25) is 11.5 Å². The molecule has 0 saturated carbocycles. The molecule has 0 bridgehead atoms. The molecule has 170 valence electrons. The molecule has 0 aliphatic carbocycles. The summed E-state index contributed by atoms with van der Waals surface area (Å²) < 4.78 is 4.42. The van der Waals surface area contributed by atoms with Crippen molar-refractivity contribution in [1.29, 1.82) is 0 Å². The number of nitrogen functional groups attached to an aromatic ring is 1. The fraction of sp³-hybridized carbons (Fsp3) is 0.500. The van der Waals surface area contributed by atoms with E-state index in [4.69, 9.17) is 5.73 Å². The van der Waals surface area contributed by atoms with Gasteiger partial charge in [0.25, 0.3) is 11.6 Å². The highest BCUT2D eigenvalue weighted by atomic mass is 16.6. The number of hydrazone groups is 1. The van der Waals surface area contributed by atoms with Crippen molar-refractivity contribution in [3.05, 3.63) is 33.5 Å². The molecule has 0 unspecified atom stereocenters. The van der Waals surface area contributed by atoms with Crippen LogP contribution in [0.2, 0.25) is 0 Å². The number of nitrogens with one attached hydrogen (secondary N) is 1. The van der Waals surface area contributed by atoms with E-state index in [2.05, 4.69) is 35.3 Å². The Morgan fingerprint density at radius 1 is 1.06 bits per heavy atom. The van der Waals surface area contributed by atoms with E-state index in [-0.39, 0.29) is 22.1 Å². The SMILES string of the molecule is Nc1nonc1C(=O)N/N=C/c1cc([N+](=O)[O-])c(N2CCCCC2)cc1N1CCCCC1. The van der Waals surface area contributed by atoms with Crippen LogP contribution in [0.1, 0.15) is 54.6 Å². The van der Waals surface area contributed by atoms with Crippen molar-refractivity contribution in [2.45, 2.75) is 38.5 Å². The molecule has 2 saturated heterocycles. The smallest absolute Gasteiger partial charge is 0.297 e. The van der Waals surface area contributed by atoms with Crippen LogP contribution >= 0.6 is 0 Å². The van der Waals surface area contributed by atoms with Crippen molar-refractivity contribution < 1.29 is 14.3 Å². The van der Waals surface area contributed by atoms with Gasteiger partial charge in [0.05, 0.1) is 11.1 Å². The molecule has 32 heavy (non-hydrogen) atoms. The molecule has 12 nitrogen and oxygen atoms in total. The monoisotopic (exact) mass is 442 g/mol. The minimum atomic E-state index is -0.682. The van der Waals surface area contributed by atoms with Gasteiger partial charge in [0.1, 0.15) is 5.69 Å². The number of anilines is 3. The zero-order valence-corrected chi connectivity index (χ0v) is 17.7. The topological polar surface area (TPSA) is 156 Å². The number of carbonyl (C=O) groups is 1. The fourth-order valence-corrected chi connectivity index (χ4v) is 4.19. The van der Waals surface area contributed by atoms with E-state index in [0.717, 1.165) is 70.4 Å². The van der Waals surface area contributed by atoms with Gasteiger partial charge in [-0.25, -0.2) is 10.1 Å². The predicted octanol–water partition coefficient (Wildman–Crippen LogP) is 2.30. The summed E-state index contributed by atoms with van der Waals surface area (Å²) in [6, 6.07) is 3.44. The van der Waals surface area contributed by atoms with E-state index in [1.54, 1.807) is 0 Å². The van der Waals surface area contributed by atoms with Crippen LogP contribution in [-0.4, -0.2) is 53.5 Å². The first-order valence-corrected chi connectivity index (χ1v) is 10.8. The van der Waals surface area contributed by atoms with Crippen LogP contribution in [0.4, 0.5) is 22.9 Å². The molecule has 2 aliphatic heterocycles. The Bertz CT molecular complexity index is 1010. The maximum Gasteiger partial charge on any atom is 0.297 e. The van der Waals surface area contributed by atoms with Gasteiger partial charge in [0.15, 0.2) is 0 Å². The number of nitro groups is 1. The normalized spacial score (nSPS) is 17.0. The molecule has 1 aromatic carbocycles. The summed E-state index contributed by atoms with van der Waals surface area (Å²) >= 11 is 0. The number of nitro benzene ring substituents is 1. The number of hydrogen-bond acceptors (Lipinski definition) is 10. The summed E-state index contributed by atoms with van der Waals surface area (Å²) in [6.45, 7) is 3.34. The van der Waals surface area contributed by atoms with E-state index in [1.807, 2.05) is 6.07 Å². The first-order chi connectivity index (χ1) is 15.5. The zero-order valence-electron chi connectivity index (χ0n) is 17.7. The summed E-state index contributed by atoms with van der Waals surface area (Å²) in [7, 11) is 0. The third-order valence-corrected chi connectivity index (χ3v) is 5.81. The van der Waals surface area contributed by atoms with Gasteiger partial charge >= 0.3 is 0 Å². The first-order valence-electron chi connectivity index (χ1n) is 10.8. The quantitative estimate of drug-likeness (QED) is 0.389. The van der Waals surface area contributed by atoms with Gasteiger partial charge < -0.3 is 15.5 Å². The van der Waals surface area contributed by atoms with Crippen LogP contribution in [0, 0.1) is 10.1 Å². The molecule has 3 N–H and O–H groups in total. The fourth-order valence-electron chi connectivity index (χ4n) is 4.19. The number of carbonyl (C=O) groups excluding carboxylic acids is 1. The Morgan fingerprint density at radius 2 is 1.69 bits per heavy atom. The third kappa shape index (κ3) is 4.63. The van der Waals surface area contributed by atoms with Gasteiger partial charge in [-0.3, -0.25) is 14.9 Å². The highest BCUT2D eigenvalue weighted by Crippen LogP contribution is 2.37. The van der Waals surface area contributed by atoms with E-state index in [9.17, 15) is 14.9 Å². The molecule has 0 spiro atoms. The first kappa shape index (κ1) is 21.5. The molecule has 2 fully saturated rings. The molecular formula is C20H26N8O4. The number of benzene rings is 1. The third-order valence-electron chi connectivity index (χ3n) is 5.81. The molecule has 3 heterocycles. The molecule has 2 aromatic rings. The van der Waals surface area contributed by atoms with Gasteiger partial charge in [-0.1, -0.05) is 0 Å². The maximum absolute atomic E-state index is 12.1. The summed E-state index contributed by atoms with van der Waals surface area (Å²) in [5, 5.41) is 22.7. The number of amides is 1. The number of hydrogen-bond donors (Lipinski definition) is 2. The molecule has 0 atom stereocenters. The van der Waals surface area contributed by atoms with E-state index >= 15 is 0 Å². The van der Waals surface area contributed by atoms with Crippen LogP contribution in [-0.2, 0) is 0 Å². The Morgan fingerprint density at radius 3 is 2.25 bits per heavy atom. The van der Waals surface area contributed by atoms with Crippen molar-refractivity contribution in [2.75, 3.05) is 41.7 Å². The van der Waals surface area contributed by atoms with Crippen LogP contribution in [0.15, 0.2) is 21.9 Å². The lowest BCUT2D eigenvalue weighted by atomic mass is 10.0. The maximum atomic E-state index is 12.1. The second-order valence-corrected chi connectivity index (χ2v) is 7.95. The highest BCUT2D eigenvalue weighted by Gasteiger charge is 2.26. The second kappa shape index (κ2) is 9.62. The van der Waals surface area contributed by atoms with E-state index in [1.165, 1.54) is 12.3 Å². The van der Waals surface area contributed by atoms with Crippen molar-refractivity contribution in [2.24, 2.45) is 5.10 Å². The van der Waals surface area contributed by atoms with E-state index in [0.29, 0.717) is 11.3 Å². The minimum absolute atomic E-state index is 0.0328. The van der Waals surface area contributed by atoms with Crippen LogP contribution in [0.3, 0.4) is 0 Å². The number of rotatable bonds is 6. The Hall–Kier alpha value is -3.70. The van der Waals surface area contributed by atoms with Crippen LogP contribution in [0.5, 0.6) is 0 Å². The van der Waals surface area contributed by atoms with Crippen molar-refractivity contribution in [1.82, 2.24) is 15.7 Å². The Kier molecular flexibility index (Phi) is 6.47. The molecular weight excluding hydrogens is 416 g/mol. The zero-order chi connectivity index (χ0) is 22.5. The molecule has 0 radical (unpaired) electrons. The molecule has 12 heteroatoms. The summed E-state index contributed by atoms with van der Waals surface area (Å²) in [6.07, 6.45) is 7.87. The number of nitrogens with two attached hydrogens (primary N) is 1. The average Bonchev–Trinajstić information content (AvgIpc) is 3.25. The lowest BCUT2D eigenvalue weighted by Crippen LogP contribution is -2.32. The molecule has 4 rings (SSSR count). The predicted molar refractivity (Wildman–Crippen MR) is 119 cm³/mol. The summed E-state index contributed by atoms with van der Waals surface area (Å²) in [4.78, 5) is 28.0. The second-order valence-electron chi connectivity index (χ2n) is 7.95. The van der Waals surface area contributed by atoms with Gasteiger partial charge in [-0.15, -0.1) is 0 Å². The Labute approximate surface area is 184 Å². The minimum Gasteiger partial charge on any atom is -0.379 e. The van der Waals surface area contributed by atoms with Gasteiger partial charge in [-0.05, 0) is 54.9 Å². The highest BCUT2D eigenvalue weighted by molar-refractivity contribution is 5.97. The number of aromatic nitrogens is 2. The molecule has 1 amide bonds. The average molecular weight is 442 g/mol. The van der Waals surface area contributed by atoms with Gasteiger partial charge in [-0.2, -0.15) is 5.10 Å². The summed E-state index contributed by atoms with van der Waals surface area (Å²) in [5.74, 6) is -0.827. The number of nitrogens with zero attached hydrogens (tertiary/aromatic N) is 6. The lowest BCUT2D eigenvalue weighted by molar-refractivity contribution is -0.384. The number of piperidine rings is 2. The lowest BCUT2D eigenvalue weighted by Gasteiger charge is -2.33. The van der Waals surface area contributed by atoms with E-state index < -0.39 is 5.91 Å². The molecule has 2 aliphatic rings. The van der Waals surface area contributed by atoms with Crippen molar-refractivity contribution in [3.63, 3.8) is 0 Å². The van der Waals surface area contributed by atoms with Crippen LogP contribution in [0.25, 0.3) is 0 Å². The molecule has 1 aromatic heterocycles. The summed E-state index contributed by atoms with van der Waals surface area (Å²) in [5.41, 5.74) is 9.77. The van der Waals surface area contributed by atoms with Crippen LogP contribution < -0.4 is 21.0 Å².